The van der Waals surface area contributed by atoms with Gasteiger partial charge >= 0.3 is 5.97 Å². The molecule has 0 amide bonds. The minimum absolute atomic E-state index is 0.244. The van der Waals surface area contributed by atoms with Crippen LogP contribution in [0.1, 0.15) is 12.2 Å². The van der Waals surface area contributed by atoms with Crippen molar-refractivity contribution in [1.29, 1.82) is 0 Å². The quantitative estimate of drug-likeness (QED) is 0.727. The third-order valence-corrected chi connectivity index (χ3v) is 2.82. The Labute approximate surface area is 87.3 Å². The Balaban J connectivity index is 2.10. The van der Waals surface area contributed by atoms with Gasteiger partial charge in [0.05, 0.1) is 6.42 Å². The number of hydrogen-bond donors (Lipinski definition) is 1. The monoisotopic (exact) mass is 214 g/mol. The maximum atomic E-state index is 10.2. The molecular weight excluding hydrogens is 200 g/mol. The second-order valence-electron chi connectivity index (χ2n) is 2.92. The Bertz CT molecular complexity index is 299. The highest BCUT2D eigenvalue weighted by Crippen LogP contribution is 2.05. The molecule has 1 aromatic rings. The van der Waals surface area contributed by atoms with Gasteiger partial charge in [0.25, 0.3) is 0 Å². The zero-order valence-electron chi connectivity index (χ0n) is 8.14. The molecule has 0 aliphatic carbocycles. The number of aliphatic carboxylic acids is 1. The third kappa shape index (κ3) is 3.83. The van der Waals surface area contributed by atoms with E-state index in [1.165, 1.54) is 0 Å². The van der Waals surface area contributed by atoms with Crippen molar-refractivity contribution in [3.05, 3.63) is 18.2 Å². The number of hydrogen-bond acceptors (Lipinski definition) is 3. The fourth-order valence-electron chi connectivity index (χ4n) is 1.06. The van der Waals surface area contributed by atoms with Crippen molar-refractivity contribution in [2.75, 3.05) is 11.5 Å². The summed E-state index contributed by atoms with van der Waals surface area (Å²) in [5.74, 6) is 1.90. The van der Waals surface area contributed by atoms with Gasteiger partial charge in [-0.15, -0.1) is 0 Å². The van der Waals surface area contributed by atoms with Crippen LogP contribution < -0.4 is 0 Å². The molecule has 78 valence electrons. The Morgan fingerprint density at radius 3 is 3.00 bits per heavy atom. The number of carboxylic acids is 1. The molecule has 14 heavy (non-hydrogen) atoms. The summed E-state index contributed by atoms with van der Waals surface area (Å²) in [6.45, 7) is 2.86. The van der Waals surface area contributed by atoms with Crippen LogP contribution in [0.2, 0.25) is 0 Å². The van der Waals surface area contributed by atoms with E-state index >= 15 is 0 Å². The van der Waals surface area contributed by atoms with Crippen LogP contribution in [0.5, 0.6) is 0 Å². The van der Waals surface area contributed by atoms with Gasteiger partial charge in [0, 0.05) is 30.4 Å². The van der Waals surface area contributed by atoms with Crippen LogP contribution in [0.4, 0.5) is 0 Å². The normalized spacial score (nSPS) is 10.4. The molecule has 0 unspecified atom stereocenters. The molecule has 0 aliphatic rings. The fraction of sp³-hybridized carbons (Fsp3) is 0.556. The number of nitrogens with zero attached hydrogens (tertiary/aromatic N) is 2. The lowest BCUT2D eigenvalue weighted by atomic mass is 10.5. The minimum atomic E-state index is -0.726. The SMILES string of the molecule is Cc1nccn1CCSCCC(=O)O. The maximum Gasteiger partial charge on any atom is 0.304 e. The zero-order valence-corrected chi connectivity index (χ0v) is 8.96. The van der Waals surface area contributed by atoms with Crippen molar-refractivity contribution in [2.45, 2.75) is 19.9 Å². The molecule has 0 spiro atoms. The molecule has 0 atom stereocenters. The first-order valence-corrected chi connectivity index (χ1v) is 5.63. The predicted molar refractivity (Wildman–Crippen MR) is 56.5 cm³/mol. The van der Waals surface area contributed by atoms with Crippen LogP contribution in [0.25, 0.3) is 0 Å². The first-order chi connectivity index (χ1) is 6.70. The van der Waals surface area contributed by atoms with Gasteiger partial charge in [-0.1, -0.05) is 0 Å². The Morgan fingerprint density at radius 1 is 1.64 bits per heavy atom. The average Bonchev–Trinajstić information content (AvgIpc) is 2.51. The molecule has 0 saturated heterocycles. The lowest BCUT2D eigenvalue weighted by Gasteiger charge is -2.03. The second kappa shape index (κ2) is 5.70. The molecule has 1 aromatic heterocycles. The van der Waals surface area contributed by atoms with Crippen molar-refractivity contribution >= 4 is 17.7 Å². The predicted octanol–water partition coefficient (Wildman–Crippen LogP) is 1.40. The van der Waals surface area contributed by atoms with E-state index in [1.807, 2.05) is 13.1 Å². The first kappa shape index (κ1) is 11.1. The molecule has 0 fully saturated rings. The topological polar surface area (TPSA) is 55.1 Å². The van der Waals surface area contributed by atoms with E-state index in [0.717, 1.165) is 18.1 Å². The van der Waals surface area contributed by atoms with Gasteiger partial charge in [-0.3, -0.25) is 4.79 Å². The van der Waals surface area contributed by atoms with Gasteiger partial charge in [-0.2, -0.15) is 11.8 Å². The summed E-state index contributed by atoms with van der Waals surface area (Å²) in [5, 5.41) is 8.41. The van der Waals surface area contributed by atoms with Crippen LogP contribution in [0.3, 0.4) is 0 Å². The number of aromatic nitrogens is 2. The molecule has 1 rings (SSSR count). The van der Waals surface area contributed by atoms with E-state index in [4.69, 9.17) is 5.11 Å². The highest BCUT2D eigenvalue weighted by Gasteiger charge is 1.98. The summed E-state index contributed by atoms with van der Waals surface area (Å²) >= 11 is 1.66. The molecule has 1 heterocycles. The van der Waals surface area contributed by atoms with Crippen LogP contribution >= 0.6 is 11.8 Å². The Hall–Kier alpha value is -0.970. The van der Waals surface area contributed by atoms with Crippen LogP contribution in [-0.4, -0.2) is 32.1 Å². The lowest BCUT2D eigenvalue weighted by molar-refractivity contribution is -0.136. The average molecular weight is 214 g/mol. The molecule has 5 heteroatoms. The van der Waals surface area contributed by atoms with Gasteiger partial charge in [-0.25, -0.2) is 4.98 Å². The second-order valence-corrected chi connectivity index (χ2v) is 4.15. The van der Waals surface area contributed by atoms with E-state index < -0.39 is 5.97 Å². The molecule has 0 radical (unpaired) electrons. The molecule has 0 aliphatic heterocycles. The summed E-state index contributed by atoms with van der Waals surface area (Å²) in [7, 11) is 0. The summed E-state index contributed by atoms with van der Waals surface area (Å²) in [4.78, 5) is 14.3. The zero-order chi connectivity index (χ0) is 10.4. The van der Waals surface area contributed by atoms with Crippen molar-refractivity contribution in [2.24, 2.45) is 0 Å². The number of carboxylic acid groups (broad SMARTS) is 1. The van der Waals surface area contributed by atoms with E-state index in [9.17, 15) is 4.79 Å². The summed E-state index contributed by atoms with van der Waals surface area (Å²) in [6, 6.07) is 0. The largest absolute Gasteiger partial charge is 0.481 e. The molecule has 0 aromatic carbocycles. The Morgan fingerprint density at radius 2 is 2.43 bits per heavy atom. The highest BCUT2D eigenvalue weighted by atomic mass is 32.2. The van der Waals surface area contributed by atoms with Gasteiger partial charge in [0.1, 0.15) is 5.82 Å². The summed E-state index contributed by atoms with van der Waals surface area (Å²) < 4.78 is 2.06. The smallest absolute Gasteiger partial charge is 0.304 e. The standard InChI is InChI=1S/C9H14N2O2S/c1-8-10-3-4-11(8)5-7-14-6-2-9(12)13/h3-4H,2,5-7H2,1H3,(H,12,13). The fourth-order valence-corrected chi connectivity index (χ4v) is 1.91. The van der Waals surface area contributed by atoms with Crippen molar-refractivity contribution < 1.29 is 9.90 Å². The van der Waals surface area contributed by atoms with Gasteiger partial charge in [0.2, 0.25) is 0 Å². The minimum Gasteiger partial charge on any atom is -0.481 e. The summed E-state index contributed by atoms with van der Waals surface area (Å²) in [6.07, 6.45) is 3.96. The number of thioether (sulfide) groups is 1. The van der Waals surface area contributed by atoms with Gasteiger partial charge < -0.3 is 9.67 Å². The maximum absolute atomic E-state index is 10.2. The molecule has 1 N–H and O–H groups in total. The van der Waals surface area contributed by atoms with Crippen molar-refractivity contribution in [3.8, 4) is 0 Å². The molecule has 0 bridgehead atoms. The van der Waals surface area contributed by atoms with Gasteiger partial charge in [0.15, 0.2) is 0 Å². The van der Waals surface area contributed by atoms with E-state index in [1.54, 1.807) is 18.0 Å². The molecular formula is C9H14N2O2S. The molecule has 4 nitrogen and oxygen atoms in total. The van der Waals surface area contributed by atoms with Gasteiger partial charge in [-0.05, 0) is 6.92 Å². The van der Waals surface area contributed by atoms with Crippen molar-refractivity contribution in [1.82, 2.24) is 9.55 Å². The number of aryl methyl sites for hydroxylation is 2. The summed E-state index contributed by atoms with van der Waals surface area (Å²) in [5.41, 5.74) is 0. The van der Waals surface area contributed by atoms with Crippen LogP contribution in [0, 0.1) is 6.92 Å². The molecule has 0 saturated carbocycles. The number of rotatable bonds is 6. The van der Waals surface area contributed by atoms with E-state index in [0.29, 0.717) is 5.75 Å². The number of carbonyl (C=O) groups is 1. The van der Waals surface area contributed by atoms with Crippen molar-refractivity contribution in [3.63, 3.8) is 0 Å². The van der Waals surface area contributed by atoms with E-state index in [2.05, 4.69) is 9.55 Å². The lowest BCUT2D eigenvalue weighted by Crippen LogP contribution is -2.03. The highest BCUT2D eigenvalue weighted by molar-refractivity contribution is 7.99. The van der Waals surface area contributed by atoms with Crippen LogP contribution in [0.15, 0.2) is 12.4 Å². The van der Waals surface area contributed by atoms with Crippen LogP contribution in [-0.2, 0) is 11.3 Å². The number of imidazole rings is 1. The Kier molecular flexibility index (Phi) is 4.52. The van der Waals surface area contributed by atoms with E-state index in [-0.39, 0.29) is 6.42 Å². The first-order valence-electron chi connectivity index (χ1n) is 4.47. The third-order valence-electron chi connectivity index (χ3n) is 1.86.